The SMILES string of the molecule is Cn1cnc(Nc2ncc3c(n2)N2CCN=C2C(Br)=C3)n1. The minimum atomic E-state index is 0.470. The summed E-state index contributed by atoms with van der Waals surface area (Å²) >= 11 is 3.53. The lowest BCUT2D eigenvalue weighted by molar-refractivity contribution is 0.768. The zero-order chi connectivity index (χ0) is 14.4. The molecule has 1 N–H and O–H groups in total. The molecule has 0 radical (unpaired) electrons. The molecule has 9 heteroatoms. The van der Waals surface area contributed by atoms with E-state index in [0.717, 1.165) is 34.8 Å². The van der Waals surface area contributed by atoms with E-state index in [1.165, 1.54) is 0 Å². The van der Waals surface area contributed by atoms with E-state index in [2.05, 4.69) is 51.2 Å². The number of nitrogens with one attached hydrogen (secondary N) is 1. The van der Waals surface area contributed by atoms with E-state index >= 15 is 0 Å². The van der Waals surface area contributed by atoms with Gasteiger partial charge in [0.1, 0.15) is 18.0 Å². The molecular weight excluding hydrogens is 336 g/mol. The molecule has 4 rings (SSSR count). The molecule has 8 nitrogen and oxygen atoms in total. The lowest BCUT2D eigenvalue weighted by atomic mass is 10.2. The maximum Gasteiger partial charge on any atom is 0.248 e. The molecule has 4 heterocycles. The average molecular weight is 347 g/mol. The monoisotopic (exact) mass is 346 g/mol. The van der Waals surface area contributed by atoms with Gasteiger partial charge in [-0.2, -0.15) is 4.98 Å². The summed E-state index contributed by atoms with van der Waals surface area (Å²) < 4.78 is 2.58. The molecule has 0 spiro atoms. The van der Waals surface area contributed by atoms with Crippen LogP contribution in [0.1, 0.15) is 5.56 Å². The van der Waals surface area contributed by atoms with Gasteiger partial charge in [0, 0.05) is 25.4 Å². The molecule has 0 bridgehead atoms. The van der Waals surface area contributed by atoms with E-state index in [9.17, 15) is 0 Å². The number of amidine groups is 1. The fourth-order valence-electron chi connectivity index (χ4n) is 2.32. The summed E-state index contributed by atoms with van der Waals surface area (Å²) in [5.41, 5.74) is 0.960. The molecule has 0 unspecified atom stereocenters. The molecule has 0 aromatic carbocycles. The molecule has 2 aromatic heterocycles. The van der Waals surface area contributed by atoms with Crippen molar-refractivity contribution < 1.29 is 0 Å². The van der Waals surface area contributed by atoms with Crippen molar-refractivity contribution in [2.45, 2.75) is 0 Å². The second kappa shape index (κ2) is 4.62. The predicted octanol–water partition coefficient (Wildman–Crippen LogP) is 1.32. The summed E-state index contributed by atoms with van der Waals surface area (Å²) in [4.78, 5) is 19.5. The highest BCUT2D eigenvalue weighted by molar-refractivity contribution is 9.12. The van der Waals surface area contributed by atoms with Crippen LogP contribution in [0.25, 0.3) is 6.08 Å². The predicted molar refractivity (Wildman–Crippen MR) is 82.9 cm³/mol. The van der Waals surface area contributed by atoms with Crippen LogP contribution >= 0.6 is 15.9 Å². The topological polar surface area (TPSA) is 84.1 Å². The summed E-state index contributed by atoms with van der Waals surface area (Å²) in [5, 5.41) is 7.16. The van der Waals surface area contributed by atoms with Gasteiger partial charge in [-0.3, -0.25) is 15.0 Å². The molecule has 2 aliphatic heterocycles. The number of rotatable bonds is 2. The van der Waals surface area contributed by atoms with Gasteiger partial charge < -0.3 is 4.90 Å². The van der Waals surface area contributed by atoms with Crippen LogP contribution in [-0.4, -0.2) is 43.7 Å². The first-order valence-corrected chi connectivity index (χ1v) is 7.19. The van der Waals surface area contributed by atoms with E-state index in [1.54, 1.807) is 24.3 Å². The Morgan fingerprint density at radius 2 is 2.19 bits per heavy atom. The summed E-state index contributed by atoms with van der Waals surface area (Å²) in [7, 11) is 1.81. The third-order valence-corrected chi connectivity index (χ3v) is 3.80. The van der Waals surface area contributed by atoms with Crippen LogP contribution in [0.4, 0.5) is 17.7 Å². The number of aromatic nitrogens is 5. The molecule has 0 saturated carbocycles. The zero-order valence-electron chi connectivity index (χ0n) is 11.2. The van der Waals surface area contributed by atoms with Gasteiger partial charge in [0.25, 0.3) is 0 Å². The van der Waals surface area contributed by atoms with Crippen LogP contribution in [0.2, 0.25) is 0 Å². The number of anilines is 3. The molecule has 0 fully saturated rings. The van der Waals surface area contributed by atoms with Crippen LogP contribution in [0.3, 0.4) is 0 Å². The number of hydrogen-bond donors (Lipinski definition) is 1. The van der Waals surface area contributed by atoms with Crippen molar-refractivity contribution in [3.63, 3.8) is 0 Å². The molecule has 2 aromatic rings. The van der Waals surface area contributed by atoms with Crippen LogP contribution < -0.4 is 10.2 Å². The maximum atomic E-state index is 4.56. The fraction of sp³-hybridized carbons (Fsp3) is 0.250. The molecule has 0 saturated heterocycles. The Bertz CT molecular complexity index is 777. The first kappa shape index (κ1) is 12.5. The van der Waals surface area contributed by atoms with Crippen molar-refractivity contribution in [3.8, 4) is 0 Å². The normalized spacial score (nSPS) is 16.2. The quantitative estimate of drug-likeness (QED) is 0.882. The van der Waals surface area contributed by atoms with Crippen LogP contribution in [0.15, 0.2) is 22.0 Å². The van der Waals surface area contributed by atoms with Crippen LogP contribution in [0, 0.1) is 0 Å². The Kier molecular flexibility index (Phi) is 2.74. The van der Waals surface area contributed by atoms with Gasteiger partial charge in [0.05, 0.1) is 11.0 Å². The van der Waals surface area contributed by atoms with Crippen molar-refractivity contribution in [1.82, 2.24) is 24.7 Å². The zero-order valence-corrected chi connectivity index (χ0v) is 12.7. The fourth-order valence-corrected chi connectivity index (χ4v) is 2.90. The molecule has 0 atom stereocenters. The third kappa shape index (κ3) is 2.09. The summed E-state index contributed by atoms with van der Waals surface area (Å²) in [6.45, 7) is 1.59. The van der Waals surface area contributed by atoms with E-state index < -0.39 is 0 Å². The van der Waals surface area contributed by atoms with Gasteiger partial charge in [0.15, 0.2) is 0 Å². The summed E-state index contributed by atoms with van der Waals surface area (Å²) in [6.07, 6.45) is 5.38. The van der Waals surface area contributed by atoms with E-state index in [0.29, 0.717) is 11.9 Å². The number of fused-ring (bicyclic) bond motifs is 3. The van der Waals surface area contributed by atoms with Crippen LogP contribution in [-0.2, 0) is 7.05 Å². The van der Waals surface area contributed by atoms with E-state index in [4.69, 9.17) is 0 Å². The van der Waals surface area contributed by atoms with Crippen molar-refractivity contribution in [2.75, 3.05) is 23.3 Å². The van der Waals surface area contributed by atoms with Gasteiger partial charge in [-0.25, -0.2) is 9.97 Å². The Balaban J connectivity index is 1.71. The van der Waals surface area contributed by atoms with Gasteiger partial charge in [-0.1, -0.05) is 0 Å². The maximum absolute atomic E-state index is 4.56. The van der Waals surface area contributed by atoms with Gasteiger partial charge in [-0.05, 0) is 22.0 Å². The largest absolute Gasteiger partial charge is 0.308 e. The summed E-state index contributed by atoms with van der Waals surface area (Å²) in [6, 6.07) is 0. The van der Waals surface area contributed by atoms with Crippen LogP contribution in [0.5, 0.6) is 0 Å². The van der Waals surface area contributed by atoms with Crippen molar-refractivity contribution in [1.29, 1.82) is 0 Å². The van der Waals surface area contributed by atoms with E-state index in [1.807, 2.05) is 6.08 Å². The average Bonchev–Trinajstić information content (AvgIpc) is 3.09. The molecule has 2 aliphatic rings. The summed E-state index contributed by atoms with van der Waals surface area (Å²) in [5.74, 6) is 2.71. The first-order chi connectivity index (χ1) is 10.2. The van der Waals surface area contributed by atoms with Gasteiger partial charge in [0.2, 0.25) is 11.9 Å². The molecule has 0 aliphatic carbocycles. The Morgan fingerprint density at radius 3 is 3.00 bits per heavy atom. The Labute approximate surface area is 128 Å². The van der Waals surface area contributed by atoms with Crippen molar-refractivity contribution in [2.24, 2.45) is 12.0 Å². The minimum Gasteiger partial charge on any atom is -0.308 e. The standard InChI is InChI=1S/C12H11BrN8/c1-20-6-16-12(19-20)18-11-15-5-7-4-8(13)10-14-2-3-21(10)9(7)17-11/h4-6H,2-3H2,1H3,(H,15,17,18,19). The lowest BCUT2D eigenvalue weighted by Crippen LogP contribution is -2.31. The number of halogens is 1. The number of hydrogen-bond acceptors (Lipinski definition) is 7. The number of aliphatic imine (C=N–C) groups is 1. The smallest absolute Gasteiger partial charge is 0.248 e. The highest BCUT2D eigenvalue weighted by Crippen LogP contribution is 2.33. The number of aryl methyl sites for hydroxylation is 1. The van der Waals surface area contributed by atoms with Crippen molar-refractivity contribution >= 4 is 45.6 Å². The molecular formula is C12H11BrN8. The van der Waals surface area contributed by atoms with E-state index in [-0.39, 0.29) is 0 Å². The molecule has 21 heavy (non-hydrogen) atoms. The Hall–Kier alpha value is -2.29. The minimum absolute atomic E-state index is 0.470. The molecule has 106 valence electrons. The van der Waals surface area contributed by atoms with Crippen molar-refractivity contribution in [3.05, 3.63) is 22.6 Å². The second-order valence-electron chi connectivity index (χ2n) is 4.69. The molecule has 0 amide bonds. The van der Waals surface area contributed by atoms with Gasteiger partial charge in [-0.15, -0.1) is 5.10 Å². The third-order valence-electron chi connectivity index (χ3n) is 3.21. The second-order valence-corrected chi connectivity index (χ2v) is 5.54. The van der Waals surface area contributed by atoms with Gasteiger partial charge >= 0.3 is 0 Å². The first-order valence-electron chi connectivity index (χ1n) is 6.40. The lowest BCUT2D eigenvalue weighted by Gasteiger charge is -2.25. The number of nitrogens with zero attached hydrogens (tertiary/aromatic N) is 7. The highest BCUT2D eigenvalue weighted by Gasteiger charge is 2.28. The highest BCUT2D eigenvalue weighted by atomic mass is 79.9. The Morgan fingerprint density at radius 1 is 1.29 bits per heavy atom.